The number of hydrogen-bond donors (Lipinski definition) is 0. The Bertz CT molecular complexity index is 1230. The third-order valence-electron chi connectivity index (χ3n) is 7.10. The minimum atomic E-state index is -0.663. The Balaban J connectivity index is 1.71. The molecule has 2 aliphatic rings. The van der Waals surface area contributed by atoms with Gasteiger partial charge in [-0.05, 0) is 56.4 Å². The fraction of sp³-hybridized carbons (Fsp3) is 0.433. The van der Waals surface area contributed by atoms with Crippen LogP contribution in [-0.2, 0) is 19.1 Å². The fourth-order valence-corrected chi connectivity index (χ4v) is 5.37. The predicted octanol–water partition coefficient (Wildman–Crippen LogP) is 5.17. The van der Waals surface area contributed by atoms with Crippen LogP contribution in [0.15, 0.2) is 58.7 Å². The van der Waals surface area contributed by atoms with E-state index >= 15 is 0 Å². The van der Waals surface area contributed by atoms with Crippen LogP contribution in [-0.4, -0.2) is 51.5 Å². The Morgan fingerprint density at radius 1 is 0.973 bits per heavy atom. The summed E-state index contributed by atoms with van der Waals surface area (Å²) >= 11 is 0. The number of carbonyl (C=O) groups excluding carboxylic acids is 2. The average molecular weight is 506 g/mol. The number of ketones is 1. The average Bonchev–Trinajstić information content (AvgIpc) is 2.89. The van der Waals surface area contributed by atoms with Crippen LogP contribution >= 0.6 is 0 Å². The number of rotatable bonds is 9. The number of ether oxygens (including phenoxy) is 4. The standard InChI is InChI=1S/C30H35NO6/c1-6-36-12-13-37-30(33)27-19(3)31-23-15-22(20-10-11-25(34-4)26(17-20)35-5)16-24(32)29(23)28(27)21-9-7-8-18(2)14-21/h7-11,14,17,22,27-28H,6,12-13,15-16H2,1-5H3/t22-,27?,28-/m1/s1. The zero-order chi connectivity index (χ0) is 26.5. The van der Waals surface area contributed by atoms with Gasteiger partial charge in [0.25, 0.3) is 0 Å². The second kappa shape index (κ2) is 11.7. The molecule has 1 heterocycles. The molecule has 2 aromatic carbocycles. The summed E-state index contributed by atoms with van der Waals surface area (Å²) in [5, 5.41) is 0. The number of methoxy groups -OCH3 is 2. The molecule has 0 saturated heterocycles. The van der Waals surface area contributed by atoms with E-state index in [1.807, 2.05) is 63.2 Å². The molecule has 0 aromatic heterocycles. The van der Waals surface area contributed by atoms with Crippen molar-refractivity contribution in [1.82, 2.24) is 0 Å². The molecule has 1 unspecified atom stereocenters. The molecule has 2 aromatic rings. The summed E-state index contributed by atoms with van der Waals surface area (Å²) in [4.78, 5) is 31.9. The lowest BCUT2D eigenvalue weighted by atomic mass is 9.69. The lowest BCUT2D eigenvalue weighted by Crippen LogP contribution is -2.38. The zero-order valence-electron chi connectivity index (χ0n) is 22.2. The molecule has 196 valence electrons. The summed E-state index contributed by atoms with van der Waals surface area (Å²) < 4.78 is 21.8. The summed E-state index contributed by atoms with van der Waals surface area (Å²) in [5.74, 6) is -0.247. The summed E-state index contributed by atoms with van der Waals surface area (Å²) in [6.45, 7) is 6.81. The molecule has 1 aliphatic heterocycles. The number of Topliss-reactive ketones (excluding diaryl/α,β-unsaturated/α-hetero) is 1. The smallest absolute Gasteiger partial charge is 0.315 e. The first-order valence-corrected chi connectivity index (χ1v) is 12.7. The number of carbonyl (C=O) groups is 2. The van der Waals surface area contributed by atoms with E-state index < -0.39 is 11.8 Å². The van der Waals surface area contributed by atoms with Gasteiger partial charge in [-0.25, -0.2) is 0 Å². The van der Waals surface area contributed by atoms with Crippen molar-refractivity contribution in [3.63, 3.8) is 0 Å². The molecule has 0 fully saturated rings. The summed E-state index contributed by atoms with van der Waals surface area (Å²) in [7, 11) is 3.20. The Morgan fingerprint density at radius 2 is 1.76 bits per heavy atom. The molecule has 7 nitrogen and oxygen atoms in total. The van der Waals surface area contributed by atoms with Gasteiger partial charge in [0.2, 0.25) is 0 Å². The van der Waals surface area contributed by atoms with Crippen molar-refractivity contribution in [1.29, 1.82) is 0 Å². The first kappa shape index (κ1) is 26.6. The van der Waals surface area contributed by atoms with E-state index in [1.165, 1.54) is 0 Å². The second-order valence-corrected chi connectivity index (χ2v) is 9.49. The van der Waals surface area contributed by atoms with Crippen LogP contribution in [0.25, 0.3) is 0 Å². The highest BCUT2D eigenvalue weighted by Crippen LogP contribution is 2.47. The van der Waals surface area contributed by atoms with Gasteiger partial charge in [-0.2, -0.15) is 0 Å². The topological polar surface area (TPSA) is 83.4 Å². The van der Waals surface area contributed by atoms with E-state index in [0.29, 0.717) is 48.8 Å². The highest BCUT2D eigenvalue weighted by atomic mass is 16.6. The molecule has 0 N–H and O–H groups in total. The van der Waals surface area contributed by atoms with E-state index in [9.17, 15) is 9.59 Å². The van der Waals surface area contributed by atoms with Crippen molar-refractivity contribution in [3.8, 4) is 11.5 Å². The number of allylic oxidation sites excluding steroid dienone is 2. The Morgan fingerprint density at radius 3 is 2.46 bits per heavy atom. The lowest BCUT2D eigenvalue weighted by molar-refractivity contribution is -0.148. The van der Waals surface area contributed by atoms with Crippen LogP contribution in [0.5, 0.6) is 11.5 Å². The number of benzene rings is 2. The van der Waals surface area contributed by atoms with Gasteiger partial charge in [-0.3, -0.25) is 14.6 Å². The van der Waals surface area contributed by atoms with Gasteiger partial charge in [0.15, 0.2) is 17.3 Å². The van der Waals surface area contributed by atoms with Crippen molar-refractivity contribution in [2.75, 3.05) is 34.0 Å². The van der Waals surface area contributed by atoms with Crippen LogP contribution in [0.1, 0.15) is 55.2 Å². The van der Waals surface area contributed by atoms with Crippen molar-refractivity contribution in [2.24, 2.45) is 10.9 Å². The summed E-state index contributed by atoms with van der Waals surface area (Å²) in [5.41, 5.74) is 5.02. The van der Waals surface area contributed by atoms with Gasteiger partial charge in [0, 0.05) is 35.9 Å². The van der Waals surface area contributed by atoms with E-state index in [0.717, 1.165) is 22.4 Å². The number of nitrogens with zero attached hydrogens (tertiary/aromatic N) is 1. The van der Waals surface area contributed by atoms with Crippen molar-refractivity contribution >= 4 is 17.5 Å². The third kappa shape index (κ3) is 5.62. The fourth-order valence-electron chi connectivity index (χ4n) is 5.37. The van der Waals surface area contributed by atoms with Crippen LogP contribution < -0.4 is 9.47 Å². The quantitative estimate of drug-likeness (QED) is 0.346. The lowest BCUT2D eigenvalue weighted by Gasteiger charge is -2.36. The molecule has 37 heavy (non-hydrogen) atoms. The largest absolute Gasteiger partial charge is 0.493 e. The van der Waals surface area contributed by atoms with Crippen LogP contribution in [0.4, 0.5) is 0 Å². The normalized spacial score (nSPS) is 21.3. The van der Waals surface area contributed by atoms with Gasteiger partial charge in [-0.15, -0.1) is 0 Å². The Kier molecular flexibility index (Phi) is 8.44. The molecule has 0 radical (unpaired) electrons. The number of aryl methyl sites for hydroxylation is 1. The van der Waals surface area contributed by atoms with E-state index in [1.54, 1.807) is 14.2 Å². The zero-order valence-corrected chi connectivity index (χ0v) is 22.2. The third-order valence-corrected chi connectivity index (χ3v) is 7.10. The molecule has 7 heteroatoms. The van der Waals surface area contributed by atoms with Crippen molar-refractivity contribution in [2.45, 2.75) is 45.4 Å². The molecule has 0 bridgehead atoms. The maximum Gasteiger partial charge on any atom is 0.315 e. The predicted molar refractivity (Wildman–Crippen MR) is 142 cm³/mol. The molecular weight excluding hydrogens is 470 g/mol. The minimum Gasteiger partial charge on any atom is -0.493 e. The van der Waals surface area contributed by atoms with Gasteiger partial charge < -0.3 is 18.9 Å². The molecule has 0 spiro atoms. The van der Waals surface area contributed by atoms with Gasteiger partial charge in [0.05, 0.1) is 20.8 Å². The van der Waals surface area contributed by atoms with Gasteiger partial charge in [0.1, 0.15) is 12.5 Å². The molecule has 1 aliphatic carbocycles. The van der Waals surface area contributed by atoms with Crippen LogP contribution in [0.2, 0.25) is 0 Å². The maximum absolute atomic E-state index is 13.8. The van der Waals surface area contributed by atoms with Crippen molar-refractivity contribution in [3.05, 3.63) is 70.4 Å². The highest BCUT2D eigenvalue weighted by molar-refractivity contribution is 6.09. The van der Waals surface area contributed by atoms with Crippen LogP contribution in [0.3, 0.4) is 0 Å². The molecular formula is C30H35NO6. The van der Waals surface area contributed by atoms with Gasteiger partial charge >= 0.3 is 5.97 Å². The second-order valence-electron chi connectivity index (χ2n) is 9.49. The Labute approximate surface area is 218 Å². The molecule has 0 saturated carbocycles. The minimum absolute atomic E-state index is 0.0101. The summed E-state index contributed by atoms with van der Waals surface area (Å²) in [6.07, 6.45) is 0.930. The monoisotopic (exact) mass is 505 g/mol. The number of aliphatic imine (C=N–C) groups is 1. The van der Waals surface area contributed by atoms with E-state index in [4.69, 9.17) is 23.9 Å². The Hall–Kier alpha value is -3.45. The number of hydrogen-bond acceptors (Lipinski definition) is 7. The van der Waals surface area contributed by atoms with Crippen molar-refractivity contribution < 1.29 is 28.5 Å². The molecule has 4 rings (SSSR count). The van der Waals surface area contributed by atoms with E-state index in [2.05, 4.69) is 0 Å². The first-order chi connectivity index (χ1) is 17.9. The number of esters is 1. The molecule has 3 atom stereocenters. The maximum atomic E-state index is 13.8. The van der Waals surface area contributed by atoms with E-state index in [-0.39, 0.29) is 24.3 Å². The highest BCUT2D eigenvalue weighted by Gasteiger charge is 2.44. The summed E-state index contributed by atoms with van der Waals surface area (Å²) in [6, 6.07) is 13.8. The molecule has 0 amide bonds. The van der Waals surface area contributed by atoms with Crippen LogP contribution in [0, 0.1) is 12.8 Å². The SMILES string of the molecule is CCOCCOC(=O)C1C(C)=NC2=C(C(=O)C[C@H](c3ccc(OC)c(OC)c3)C2)[C@@H]1c1cccc(C)c1. The van der Waals surface area contributed by atoms with Gasteiger partial charge in [-0.1, -0.05) is 35.9 Å². The first-order valence-electron chi connectivity index (χ1n) is 12.7.